The van der Waals surface area contributed by atoms with E-state index in [4.69, 9.17) is 0 Å². The van der Waals surface area contributed by atoms with Crippen molar-refractivity contribution in [1.82, 2.24) is 4.90 Å². The van der Waals surface area contributed by atoms with Crippen LogP contribution in [0.25, 0.3) is 0 Å². The third-order valence-electron chi connectivity index (χ3n) is 4.57. The molecule has 1 nitrogen and oxygen atoms in total. The molecule has 0 aromatic rings. The fourth-order valence-electron chi connectivity index (χ4n) is 3.39. The lowest BCUT2D eigenvalue weighted by Gasteiger charge is -2.23. The molecule has 1 aliphatic heterocycles. The molecule has 2 heteroatoms. The minimum absolute atomic E-state index is 1.00. The van der Waals surface area contributed by atoms with Crippen molar-refractivity contribution in [3.05, 3.63) is 0 Å². The van der Waals surface area contributed by atoms with E-state index in [1.165, 1.54) is 95.3 Å². The average molecular weight is 269 g/mol. The Morgan fingerprint density at radius 3 is 1.83 bits per heavy atom. The fourth-order valence-corrected chi connectivity index (χ4v) is 4.40. The van der Waals surface area contributed by atoms with Crippen LogP contribution in [0, 0.1) is 5.92 Å². The van der Waals surface area contributed by atoms with E-state index in [0.717, 1.165) is 5.92 Å². The van der Waals surface area contributed by atoms with Gasteiger partial charge in [0.15, 0.2) is 0 Å². The second kappa shape index (κ2) is 9.25. The third kappa shape index (κ3) is 5.97. The van der Waals surface area contributed by atoms with E-state index in [9.17, 15) is 0 Å². The van der Waals surface area contributed by atoms with Crippen molar-refractivity contribution >= 4 is 11.8 Å². The van der Waals surface area contributed by atoms with Crippen LogP contribution in [-0.4, -0.2) is 29.6 Å². The Labute approximate surface area is 118 Å². The summed E-state index contributed by atoms with van der Waals surface area (Å²) in [6.07, 6.45) is 16.4. The molecule has 1 aliphatic carbocycles. The Morgan fingerprint density at radius 1 is 0.778 bits per heavy atom. The van der Waals surface area contributed by atoms with Crippen LogP contribution in [0.3, 0.4) is 0 Å². The van der Waals surface area contributed by atoms with Crippen LogP contribution in [0.2, 0.25) is 0 Å². The second-order valence-corrected chi connectivity index (χ2v) is 7.31. The lowest BCUT2D eigenvalue weighted by molar-refractivity contribution is 0.259. The first-order valence-corrected chi connectivity index (χ1v) is 9.41. The first-order valence-electron chi connectivity index (χ1n) is 8.25. The Bertz CT molecular complexity index is 189. The van der Waals surface area contributed by atoms with Gasteiger partial charge in [0.1, 0.15) is 0 Å². The van der Waals surface area contributed by atoms with Crippen molar-refractivity contribution in [2.75, 3.05) is 24.7 Å². The third-order valence-corrected chi connectivity index (χ3v) is 5.59. The first kappa shape index (κ1) is 14.7. The predicted molar refractivity (Wildman–Crippen MR) is 83.2 cm³/mol. The van der Waals surface area contributed by atoms with Gasteiger partial charge in [0, 0.05) is 24.7 Å². The van der Waals surface area contributed by atoms with Gasteiger partial charge in [0.25, 0.3) is 0 Å². The molecule has 0 aromatic carbocycles. The van der Waals surface area contributed by atoms with Crippen molar-refractivity contribution in [2.45, 2.75) is 70.6 Å². The van der Waals surface area contributed by atoms with Crippen LogP contribution in [0.15, 0.2) is 0 Å². The van der Waals surface area contributed by atoms with Gasteiger partial charge in [-0.05, 0) is 18.8 Å². The maximum absolute atomic E-state index is 2.70. The van der Waals surface area contributed by atoms with E-state index in [0.29, 0.717) is 0 Å². The molecule has 1 heterocycles. The average Bonchev–Trinajstić information content (AvgIpc) is 2.85. The van der Waals surface area contributed by atoms with Crippen LogP contribution in [-0.2, 0) is 0 Å². The molecule has 1 saturated heterocycles. The molecule has 106 valence electrons. The van der Waals surface area contributed by atoms with Gasteiger partial charge in [-0.3, -0.25) is 4.90 Å². The van der Waals surface area contributed by atoms with Crippen molar-refractivity contribution in [1.29, 1.82) is 0 Å². The van der Waals surface area contributed by atoms with Gasteiger partial charge in [-0.2, -0.15) is 0 Å². The summed E-state index contributed by atoms with van der Waals surface area (Å²) in [7, 11) is 0. The molecular weight excluding hydrogens is 238 g/mol. The number of hydrogen-bond donors (Lipinski definition) is 0. The molecule has 0 radical (unpaired) electrons. The quantitative estimate of drug-likeness (QED) is 0.700. The maximum atomic E-state index is 2.70. The van der Waals surface area contributed by atoms with E-state index < -0.39 is 0 Å². The summed E-state index contributed by atoms with van der Waals surface area (Å²) < 4.78 is 0. The van der Waals surface area contributed by atoms with Crippen LogP contribution in [0.5, 0.6) is 0 Å². The molecule has 1 saturated carbocycles. The Kier molecular flexibility index (Phi) is 7.56. The van der Waals surface area contributed by atoms with Gasteiger partial charge in [-0.15, -0.1) is 11.8 Å². The predicted octanol–water partition coefficient (Wildman–Crippen LogP) is 4.91. The summed E-state index contributed by atoms with van der Waals surface area (Å²) >= 11 is 2.12. The highest BCUT2D eigenvalue weighted by molar-refractivity contribution is 7.99. The van der Waals surface area contributed by atoms with E-state index in [2.05, 4.69) is 16.7 Å². The van der Waals surface area contributed by atoms with E-state index in [-0.39, 0.29) is 0 Å². The largest absolute Gasteiger partial charge is 0.293 e. The van der Waals surface area contributed by atoms with Gasteiger partial charge in [-0.25, -0.2) is 0 Å². The van der Waals surface area contributed by atoms with Gasteiger partial charge in [-0.1, -0.05) is 57.8 Å². The van der Waals surface area contributed by atoms with E-state index in [1.54, 1.807) is 0 Å². The van der Waals surface area contributed by atoms with E-state index in [1.807, 2.05) is 0 Å². The number of thioether (sulfide) groups is 1. The molecule has 0 unspecified atom stereocenters. The first-order chi connectivity index (χ1) is 8.95. The zero-order valence-corrected chi connectivity index (χ0v) is 12.9. The zero-order chi connectivity index (χ0) is 12.5. The fraction of sp³-hybridized carbons (Fsp3) is 1.00. The smallest absolute Gasteiger partial charge is 0.0445 e. The van der Waals surface area contributed by atoms with Crippen molar-refractivity contribution < 1.29 is 0 Å². The summed E-state index contributed by atoms with van der Waals surface area (Å²) in [5.41, 5.74) is 0. The Morgan fingerprint density at radius 2 is 1.33 bits per heavy atom. The molecule has 2 rings (SSSR count). The van der Waals surface area contributed by atoms with Gasteiger partial charge < -0.3 is 0 Å². The van der Waals surface area contributed by atoms with Crippen molar-refractivity contribution in [3.63, 3.8) is 0 Å². The Hall–Kier alpha value is 0.310. The molecule has 0 atom stereocenters. The highest BCUT2D eigenvalue weighted by atomic mass is 32.2. The van der Waals surface area contributed by atoms with E-state index >= 15 is 0 Å². The SMILES string of the molecule is C1CCCCCC(CN2CCSC2)CCCCC1. The van der Waals surface area contributed by atoms with Crippen LogP contribution < -0.4 is 0 Å². The zero-order valence-electron chi connectivity index (χ0n) is 12.0. The molecule has 18 heavy (non-hydrogen) atoms. The molecule has 2 aliphatic rings. The summed E-state index contributed by atoms with van der Waals surface area (Å²) in [5, 5.41) is 0. The van der Waals surface area contributed by atoms with Gasteiger partial charge >= 0.3 is 0 Å². The minimum Gasteiger partial charge on any atom is -0.293 e. The number of nitrogens with zero attached hydrogens (tertiary/aromatic N) is 1. The highest BCUT2D eigenvalue weighted by Crippen LogP contribution is 2.24. The van der Waals surface area contributed by atoms with Gasteiger partial charge in [0.05, 0.1) is 0 Å². The summed E-state index contributed by atoms with van der Waals surface area (Å²) in [5.74, 6) is 3.67. The molecule has 0 amide bonds. The molecular formula is C16H31NS. The Balaban J connectivity index is 1.70. The maximum Gasteiger partial charge on any atom is 0.0445 e. The molecule has 0 spiro atoms. The normalized spacial score (nSPS) is 26.7. The standard InChI is InChI=1S/C16H31NS/c1-2-4-6-8-10-16(11-9-7-5-3-1)14-17-12-13-18-15-17/h16H,1-15H2. The molecule has 2 fully saturated rings. The molecule has 0 N–H and O–H groups in total. The van der Waals surface area contributed by atoms with Gasteiger partial charge in [0.2, 0.25) is 0 Å². The topological polar surface area (TPSA) is 3.24 Å². The minimum atomic E-state index is 1.00. The summed E-state index contributed by atoms with van der Waals surface area (Å²) in [4.78, 5) is 2.70. The lowest BCUT2D eigenvalue weighted by atomic mass is 9.92. The number of hydrogen-bond acceptors (Lipinski definition) is 2. The monoisotopic (exact) mass is 269 g/mol. The number of rotatable bonds is 2. The summed E-state index contributed by atoms with van der Waals surface area (Å²) in [6, 6.07) is 0. The van der Waals surface area contributed by atoms with Crippen LogP contribution in [0.4, 0.5) is 0 Å². The molecule has 0 bridgehead atoms. The lowest BCUT2D eigenvalue weighted by Crippen LogP contribution is -2.27. The van der Waals surface area contributed by atoms with Crippen LogP contribution >= 0.6 is 11.8 Å². The van der Waals surface area contributed by atoms with Crippen molar-refractivity contribution in [3.8, 4) is 0 Å². The second-order valence-electron chi connectivity index (χ2n) is 6.24. The van der Waals surface area contributed by atoms with Crippen LogP contribution in [0.1, 0.15) is 70.6 Å². The summed E-state index contributed by atoms with van der Waals surface area (Å²) in [6.45, 7) is 2.74. The highest BCUT2D eigenvalue weighted by Gasteiger charge is 2.17. The molecule has 0 aromatic heterocycles. The van der Waals surface area contributed by atoms with Crippen molar-refractivity contribution in [2.24, 2.45) is 5.92 Å².